The summed E-state index contributed by atoms with van der Waals surface area (Å²) in [6, 6.07) is 19.0. The molecule has 0 spiro atoms. The van der Waals surface area contributed by atoms with Crippen LogP contribution in [0.5, 0.6) is 17.2 Å². The second kappa shape index (κ2) is 11.7. The molecule has 0 saturated carbocycles. The Labute approximate surface area is 198 Å². The van der Waals surface area contributed by atoms with Gasteiger partial charge in [0.25, 0.3) is 5.91 Å². The van der Waals surface area contributed by atoms with E-state index in [1.165, 1.54) is 24.4 Å². The van der Waals surface area contributed by atoms with Gasteiger partial charge in [-0.3, -0.25) is 4.79 Å². The van der Waals surface area contributed by atoms with Crippen molar-refractivity contribution in [1.82, 2.24) is 5.43 Å². The lowest BCUT2D eigenvalue weighted by molar-refractivity contribution is 0.0954. The summed E-state index contributed by atoms with van der Waals surface area (Å²) in [5.41, 5.74) is 3.09. The summed E-state index contributed by atoms with van der Waals surface area (Å²) in [6.45, 7) is 6.14. The van der Waals surface area contributed by atoms with Gasteiger partial charge in [0, 0.05) is 11.1 Å². The Balaban J connectivity index is 1.73. The van der Waals surface area contributed by atoms with Crippen molar-refractivity contribution in [3.05, 3.63) is 96.6 Å². The first kappa shape index (κ1) is 24.5. The van der Waals surface area contributed by atoms with Crippen molar-refractivity contribution in [2.45, 2.75) is 11.8 Å². The fourth-order valence-corrected chi connectivity index (χ4v) is 3.80. The highest BCUT2D eigenvalue weighted by molar-refractivity contribution is 7.87. The van der Waals surface area contributed by atoms with Gasteiger partial charge in [-0.05, 0) is 49.4 Å². The van der Waals surface area contributed by atoms with Gasteiger partial charge in [0.05, 0.1) is 12.8 Å². The summed E-state index contributed by atoms with van der Waals surface area (Å²) in [5, 5.41) is 3.94. The smallest absolute Gasteiger partial charge is 0.339 e. The molecule has 0 aliphatic rings. The summed E-state index contributed by atoms with van der Waals surface area (Å²) < 4.78 is 41.4. The van der Waals surface area contributed by atoms with Crippen LogP contribution in [0.15, 0.2) is 95.4 Å². The van der Waals surface area contributed by atoms with E-state index < -0.39 is 16.0 Å². The second-order valence-electron chi connectivity index (χ2n) is 6.78. The van der Waals surface area contributed by atoms with Crippen LogP contribution in [-0.4, -0.2) is 33.8 Å². The van der Waals surface area contributed by atoms with Gasteiger partial charge in [-0.2, -0.15) is 13.5 Å². The average Bonchev–Trinajstić information content (AvgIpc) is 2.84. The predicted octanol–water partition coefficient (Wildman–Crippen LogP) is 4.18. The molecular weight excluding hydrogens is 456 g/mol. The Bertz CT molecular complexity index is 1270. The molecular formula is C25H24N2O6S. The van der Waals surface area contributed by atoms with Crippen molar-refractivity contribution in [3.8, 4) is 17.2 Å². The van der Waals surface area contributed by atoms with E-state index in [-0.39, 0.29) is 10.6 Å². The van der Waals surface area contributed by atoms with Gasteiger partial charge >= 0.3 is 10.1 Å². The van der Waals surface area contributed by atoms with Gasteiger partial charge in [-0.25, -0.2) is 5.43 Å². The molecule has 0 unspecified atom stereocenters. The summed E-state index contributed by atoms with van der Waals surface area (Å²) in [7, 11) is -4.02. The molecule has 0 bridgehead atoms. The van der Waals surface area contributed by atoms with Gasteiger partial charge in [0.1, 0.15) is 11.5 Å². The standard InChI is InChI=1S/C25H24N2O6S/c1-3-16-32-23-15-14-19(17-24(23)31-4-2)25(28)27-26-18-20-10-8-9-13-22(20)33-34(29,30)21-11-6-5-7-12-21/h3,5-15,17-18H,1,4,16H2,2H3,(H,27,28)/b26-18+. The zero-order valence-corrected chi connectivity index (χ0v) is 19.3. The van der Waals surface area contributed by atoms with Crippen molar-refractivity contribution in [1.29, 1.82) is 0 Å². The molecule has 0 aromatic heterocycles. The number of hydrogen-bond donors (Lipinski definition) is 1. The van der Waals surface area contributed by atoms with Crippen molar-refractivity contribution in [2.75, 3.05) is 13.2 Å². The summed E-state index contributed by atoms with van der Waals surface area (Å²) in [5.74, 6) is 0.507. The third-order valence-corrected chi connectivity index (χ3v) is 5.63. The number of carbonyl (C=O) groups excluding carboxylic acids is 1. The number of nitrogens with one attached hydrogen (secondary N) is 1. The molecule has 0 aliphatic carbocycles. The molecule has 0 fully saturated rings. The van der Waals surface area contributed by atoms with Crippen LogP contribution < -0.4 is 19.1 Å². The quantitative estimate of drug-likeness (QED) is 0.191. The van der Waals surface area contributed by atoms with Gasteiger partial charge in [0.2, 0.25) is 0 Å². The Morgan fingerprint density at radius 3 is 2.44 bits per heavy atom. The van der Waals surface area contributed by atoms with Crippen LogP contribution in [0.25, 0.3) is 0 Å². The van der Waals surface area contributed by atoms with E-state index in [1.54, 1.807) is 60.7 Å². The van der Waals surface area contributed by atoms with Crippen LogP contribution >= 0.6 is 0 Å². The lowest BCUT2D eigenvalue weighted by Gasteiger charge is -2.12. The highest BCUT2D eigenvalue weighted by Crippen LogP contribution is 2.28. The zero-order chi connectivity index (χ0) is 24.4. The first-order valence-corrected chi connectivity index (χ1v) is 11.8. The molecule has 0 saturated heterocycles. The summed E-state index contributed by atoms with van der Waals surface area (Å²) >= 11 is 0. The lowest BCUT2D eigenvalue weighted by atomic mass is 10.2. The fraction of sp³-hybridized carbons (Fsp3) is 0.120. The van der Waals surface area contributed by atoms with Crippen LogP contribution in [0.3, 0.4) is 0 Å². The van der Waals surface area contributed by atoms with Gasteiger partial charge < -0.3 is 13.7 Å². The van der Waals surface area contributed by atoms with E-state index in [0.717, 1.165) is 0 Å². The molecule has 0 radical (unpaired) electrons. The van der Waals surface area contributed by atoms with Crippen LogP contribution in [-0.2, 0) is 10.1 Å². The minimum Gasteiger partial charge on any atom is -0.490 e. The Hall–Kier alpha value is -4.11. The van der Waals surface area contributed by atoms with E-state index in [1.807, 2.05) is 6.92 Å². The van der Waals surface area contributed by atoms with E-state index in [0.29, 0.717) is 35.8 Å². The maximum atomic E-state index is 12.6. The molecule has 3 aromatic rings. The normalized spacial score (nSPS) is 11.1. The fourth-order valence-electron chi connectivity index (χ4n) is 2.83. The number of hydrazone groups is 1. The summed E-state index contributed by atoms with van der Waals surface area (Å²) in [4.78, 5) is 12.6. The van der Waals surface area contributed by atoms with E-state index in [4.69, 9.17) is 13.7 Å². The van der Waals surface area contributed by atoms with Crippen LogP contribution in [0.1, 0.15) is 22.8 Å². The molecule has 9 heteroatoms. The molecule has 0 atom stereocenters. The molecule has 3 rings (SSSR count). The average molecular weight is 481 g/mol. The van der Waals surface area contributed by atoms with E-state index >= 15 is 0 Å². The van der Waals surface area contributed by atoms with Crippen LogP contribution in [0, 0.1) is 0 Å². The Morgan fingerprint density at radius 2 is 1.71 bits per heavy atom. The van der Waals surface area contributed by atoms with Crippen LogP contribution in [0.4, 0.5) is 0 Å². The number of rotatable bonds is 11. The minimum absolute atomic E-state index is 0.0284. The minimum atomic E-state index is -4.02. The SMILES string of the molecule is C=CCOc1ccc(C(=O)N/N=C/c2ccccc2OS(=O)(=O)c2ccccc2)cc1OCC. The molecule has 0 aliphatic heterocycles. The van der Waals surface area contributed by atoms with Crippen molar-refractivity contribution in [2.24, 2.45) is 5.10 Å². The van der Waals surface area contributed by atoms with E-state index in [9.17, 15) is 13.2 Å². The number of carbonyl (C=O) groups is 1. The molecule has 3 aromatic carbocycles. The summed E-state index contributed by atoms with van der Waals surface area (Å²) in [6.07, 6.45) is 2.91. The number of para-hydroxylation sites is 1. The third-order valence-electron chi connectivity index (χ3n) is 4.38. The van der Waals surface area contributed by atoms with Crippen molar-refractivity contribution in [3.63, 3.8) is 0 Å². The Morgan fingerprint density at radius 1 is 0.971 bits per heavy atom. The third kappa shape index (κ3) is 6.46. The number of amides is 1. The number of benzene rings is 3. The second-order valence-corrected chi connectivity index (χ2v) is 8.33. The van der Waals surface area contributed by atoms with Gasteiger partial charge in [-0.1, -0.05) is 43.0 Å². The molecule has 0 heterocycles. The highest BCUT2D eigenvalue weighted by atomic mass is 32.2. The first-order valence-electron chi connectivity index (χ1n) is 10.4. The van der Waals surface area contributed by atoms with E-state index in [2.05, 4.69) is 17.1 Å². The monoisotopic (exact) mass is 480 g/mol. The van der Waals surface area contributed by atoms with Gasteiger partial charge in [0.15, 0.2) is 17.2 Å². The van der Waals surface area contributed by atoms with Crippen molar-refractivity contribution < 1.29 is 26.9 Å². The molecule has 1 amide bonds. The van der Waals surface area contributed by atoms with Gasteiger partial charge in [-0.15, -0.1) is 0 Å². The number of ether oxygens (including phenoxy) is 2. The van der Waals surface area contributed by atoms with Crippen molar-refractivity contribution >= 4 is 22.2 Å². The molecule has 8 nitrogen and oxygen atoms in total. The number of hydrogen-bond acceptors (Lipinski definition) is 7. The number of nitrogens with zero attached hydrogens (tertiary/aromatic N) is 1. The largest absolute Gasteiger partial charge is 0.490 e. The zero-order valence-electron chi connectivity index (χ0n) is 18.5. The maximum absolute atomic E-state index is 12.6. The highest BCUT2D eigenvalue weighted by Gasteiger charge is 2.17. The first-order chi connectivity index (χ1) is 16.4. The lowest BCUT2D eigenvalue weighted by Crippen LogP contribution is -2.18. The van der Waals surface area contributed by atoms with Crippen LogP contribution in [0.2, 0.25) is 0 Å². The topological polar surface area (TPSA) is 103 Å². The molecule has 1 N–H and O–H groups in total. The molecule has 34 heavy (non-hydrogen) atoms. The maximum Gasteiger partial charge on any atom is 0.339 e. The molecule has 176 valence electrons. The predicted molar refractivity (Wildman–Crippen MR) is 129 cm³/mol. The Kier molecular flexibility index (Phi) is 8.42.